The van der Waals surface area contributed by atoms with Crippen LogP contribution >= 0.6 is 0 Å². The zero-order chi connectivity index (χ0) is 28.3. The highest BCUT2D eigenvalue weighted by Crippen LogP contribution is 2.37. The van der Waals surface area contributed by atoms with Crippen LogP contribution in [-0.2, 0) is 10.9 Å². The summed E-state index contributed by atoms with van der Waals surface area (Å²) in [4.78, 5) is 19.4. The van der Waals surface area contributed by atoms with Gasteiger partial charge in [0.25, 0.3) is 0 Å². The van der Waals surface area contributed by atoms with E-state index in [0.29, 0.717) is 0 Å². The zero-order valence-corrected chi connectivity index (χ0v) is 21.3. The molecule has 3 heterocycles. The molecule has 2 atom stereocenters. The fourth-order valence-corrected chi connectivity index (χ4v) is 4.60. The Bertz CT molecular complexity index is 1490. The Morgan fingerprint density at radius 3 is 2.54 bits per heavy atom. The van der Waals surface area contributed by atoms with Gasteiger partial charge in [0.15, 0.2) is 11.1 Å². The summed E-state index contributed by atoms with van der Waals surface area (Å²) in [5.41, 5.74) is -2.16. The summed E-state index contributed by atoms with van der Waals surface area (Å²) in [6, 6.07) is 7.12. The standard InChI is InChI=1S/C28H27F5N4O2/c1-4-5-9-21(10-11-29)37-25(34-20-8-6-7-19(30)12-20)14-23(38)26-22(28(31,32)33)13-24(35-27(26)37)36-15-17(2)39-18(3)16-36/h4-10,12-14,17-18,34H,1,11,15-16H2,2-3H3/b9-5-,21-10+. The number of rotatable bonds is 7. The molecule has 3 aromatic rings. The third-order valence-corrected chi connectivity index (χ3v) is 6.05. The molecule has 2 aromatic heterocycles. The van der Waals surface area contributed by atoms with Crippen molar-refractivity contribution < 1.29 is 26.7 Å². The van der Waals surface area contributed by atoms with Crippen molar-refractivity contribution in [3.8, 4) is 0 Å². The molecule has 0 saturated carbocycles. The topological polar surface area (TPSA) is 59.4 Å². The number of pyridine rings is 2. The third kappa shape index (κ3) is 6.19. The molecule has 1 aromatic carbocycles. The Morgan fingerprint density at radius 2 is 1.92 bits per heavy atom. The third-order valence-electron chi connectivity index (χ3n) is 6.05. The van der Waals surface area contributed by atoms with Crippen LogP contribution in [0.5, 0.6) is 0 Å². The Hall–Kier alpha value is -3.99. The molecule has 1 fully saturated rings. The molecule has 206 valence electrons. The predicted octanol–water partition coefficient (Wildman–Crippen LogP) is 6.46. The summed E-state index contributed by atoms with van der Waals surface area (Å²) in [7, 11) is 0. The lowest BCUT2D eigenvalue weighted by Crippen LogP contribution is -2.46. The van der Waals surface area contributed by atoms with Gasteiger partial charge >= 0.3 is 6.18 Å². The molecule has 0 amide bonds. The molecule has 1 N–H and O–H groups in total. The van der Waals surface area contributed by atoms with Crippen LogP contribution in [0.4, 0.5) is 39.3 Å². The van der Waals surface area contributed by atoms with Gasteiger partial charge in [-0.1, -0.05) is 24.8 Å². The zero-order valence-electron chi connectivity index (χ0n) is 21.3. The van der Waals surface area contributed by atoms with E-state index in [0.717, 1.165) is 24.3 Å². The number of hydrogen-bond acceptors (Lipinski definition) is 5. The lowest BCUT2D eigenvalue weighted by atomic mass is 10.1. The highest BCUT2D eigenvalue weighted by Gasteiger charge is 2.37. The maximum Gasteiger partial charge on any atom is 0.417 e. The summed E-state index contributed by atoms with van der Waals surface area (Å²) in [5, 5.41) is 2.20. The van der Waals surface area contributed by atoms with Crippen LogP contribution in [0.2, 0.25) is 0 Å². The first-order chi connectivity index (χ1) is 18.5. The maximum absolute atomic E-state index is 14.4. The van der Waals surface area contributed by atoms with Gasteiger partial charge in [0.1, 0.15) is 24.1 Å². The van der Waals surface area contributed by atoms with E-state index in [-0.39, 0.29) is 54.0 Å². The van der Waals surface area contributed by atoms with Gasteiger partial charge in [-0.25, -0.2) is 13.8 Å². The molecule has 0 bridgehead atoms. The molecule has 1 aliphatic heterocycles. The minimum atomic E-state index is -4.89. The lowest BCUT2D eigenvalue weighted by Gasteiger charge is -2.36. The average molecular weight is 547 g/mol. The van der Waals surface area contributed by atoms with E-state index in [1.165, 1.54) is 41.0 Å². The van der Waals surface area contributed by atoms with Crippen LogP contribution in [0.15, 0.2) is 72.1 Å². The van der Waals surface area contributed by atoms with Crippen molar-refractivity contribution in [3.63, 3.8) is 0 Å². The first kappa shape index (κ1) is 28.0. The average Bonchev–Trinajstić information content (AvgIpc) is 2.85. The minimum absolute atomic E-state index is 0.0137. The van der Waals surface area contributed by atoms with Gasteiger partial charge in [-0.15, -0.1) is 0 Å². The van der Waals surface area contributed by atoms with E-state index in [4.69, 9.17) is 4.74 Å². The highest BCUT2D eigenvalue weighted by molar-refractivity contribution is 5.88. The van der Waals surface area contributed by atoms with Gasteiger partial charge in [-0.3, -0.25) is 9.36 Å². The smallest absolute Gasteiger partial charge is 0.372 e. The summed E-state index contributed by atoms with van der Waals surface area (Å²) in [5.74, 6) is -0.621. The maximum atomic E-state index is 14.4. The SMILES string of the molecule is C=C/C=C\C(=C/CF)n1c(Nc2cccc(F)c2)cc(=O)c2c(C(F)(F)F)cc(N3CC(C)OC(C)C3)nc21. The van der Waals surface area contributed by atoms with E-state index >= 15 is 0 Å². The number of halogens is 5. The number of nitrogens with zero attached hydrogens (tertiary/aromatic N) is 3. The van der Waals surface area contributed by atoms with Crippen LogP contribution < -0.4 is 15.6 Å². The molecule has 39 heavy (non-hydrogen) atoms. The Balaban J connectivity index is 2.09. The summed E-state index contributed by atoms with van der Waals surface area (Å²) >= 11 is 0. The van der Waals surface area contributed by atoms with E-state index in [1.54, 1.807) is 18.7 Å². The van der Waals surface area contributed by atoms with Crippen LogP contribution in [0.3, 0.4) is 0 Å². The molecule has 0 spiro atoms. The fraction of sp³-hybridized carbons (Fsp3) is 0.286. The number of alkyl halides is 4. The molecular weight excluding hydrogens is 519 g/mol. The molecule has 2 unspecified atom stereocenters. The highest BCUT2D eigenvalue weighted by atomic mass is 19.4. The largest absolute Gasteiger partial charge is 0.417 e. The van der Waals surface area contributed by atoms with Crippen molar-refractivity contribution in [3.05, 3.63) is 88.9 Å². The summed E-state index contributed by atoms with van der Waals surface area (Å²) < 4.78 is 77.7. The van der Waals surface area contributed by atoms with Crippen molar-refractivity contribution in [2.75, 3.05) is 30.0 Å². The molecule has 4 rings (SSSR count). The number of anilines is 3. The minimum Gasteiger partial charge on any atom is -0.372 e. The van der Waals surface area contributed by atoms with E-state index < -0.39 is 35.0 Å². The van der Waals surface area contributed by atoms with E-state index in [1.807, 2.05) is 0 Å². The molecule has 0 aliphatic carbocycles. The van der Waals surface area contributed by atoms with Crippen LogP contribution in [0.25, 0.3) is 16.7 Å². The quantitative estimate of drug-likeness (QED) is 0.272. The summed E-state index contributed by atoms with van der Waals surface area (Å²) in [6.07, 6.45) is -0.0175. The second kappa shape index (κ2) is 11.4. The normalized spacial score (nSPS) is 18.6. The van der Waals surface area contributed by atoms with Gasteiger partial charge in [0, 0.05) is 30.5 Å². The lowest BCUT2D eigenvalue weighted by molar-refractivity contribution is -0.136. The number of ether oxygens (including phenoxy) is 1. The molecule has 0 radical (unpaired) electrons. The Labute approximate surface area is 221 Å². The van der Waals surface area contributed by atoms with Gasteiger partial charge in [-0.2, -0.15) is 13.2 Å². The molecule has 1 aliphatic rings. The van der Waals surface area contributed by atoms with Crippen molar-refractivity contribution in [1.29, 1.82) is 0 Å². The van der Waals surface area contributed by atoms with E-state index in [9.17, 15) is 26.7 Å². The van der Waals surface area contributed by atoms with Crippen LogP contribution in [0.1, 0.15) is 19.4 Å². The fourth-order valence-electron chi connectivity index (χ4n) is 4.60. The van der Waals surface area contributed by atoms with Crippen LogP contribution in [-0.4, -0.2) is 41.5 Å². The van der Waals surface area contributed by atoms with Crippen LogP contribution in [0, 0.1) is 5.82 Å². The number of allylic oxidation sites excluding steroid dienone is 5. The number of fused-ring (bicyclic) bond motifs is 1. The van der Waals surface area contributed by atoms with Crippen molar-refractivity contribution >= 4 is 34.1 Å². The molecule has 1 saturated heterocycles. The van der Waals surface area contributed by atoms with E-state index in [2.05, 4.69) is 16.9 Å². The number of benzene rings is 1. The number of nitrogens with one attached hydrogen (secondary N) is 1. The van der Waals surface area contributed by atoms with Crippen molar-refractivity contribution in [2.45, 2.75) is 32.2 Å². The Kier molecular flexibility index (Phi) is 8.19. The second-order valence-corrected chi connectivity index (χ2v) is 9.13. The summed E-state index contributed by atoms with van der Waals surface area (Å²) in [6.45, 7) is 6.77. The Morgan fingerprint density at radius 1 is 1.21 bits per heavy atom. The first-order valence-electron chi connectivity index (χ1n) is 12.2. The number of hydrogen-bond donors (Lipinski definition) is 1. The number of morpholine rings is 1. The first-order valence-corrected chi connectivity index (χ1v) is 12.2. The molecular formula is C28H27F5N4O2. The number of aromatic nitrogens is 2. The van der Waals surface area contributed by atoms with Gasteiger partial charge in [0.05, 0.1) is 23.2 Å². The predicted molar refractivity (Wildman–Crippen MR) is 142 cm³/mol. The van der Waals surface area contributed by atoms with Gasteiger partial charge in [0.2, 0.25) is 0 Å². The molecule has 6 nitrogen and oxygen atoms in total. The van der Waals surface area contributed by atoms with Crippen molar-refractivity contribution in [2.24, 2.45) is 0 Å². The van der Waals surface area contributed by atoms with Gasteiger partial charge in [-0.05, 0) is 50.3 Å². The second-order valence-electron chi connectivity index (χ2n) is 9.13. The van der Waals surface area contributed by atoms with Crippen molar-refractivity contribution in [1.82, 2.24) is 9.55 Å². The monoisotopic (exact) mass is 546 g/mol. The molecule has 11 heteroatoms. The van der Waals surface area contributed by atoms with Gasteiger partial charge < -0.3 is 15.0 Å².